The fourth-order valence-corrected chi connectivity index (χ4v) is 3.70. The molecule has 0 aliphatic carbocycles. The first kappa shape index (κ1) is 17.1. The van der Waals surface area contributed by atoms with E-state index in [0.717, 1.165) is 24.5 Å². The summed E-state index contributed by atoms with van der Waals surface area (Å²) in [5.74, 6) is 0.633. The van der Waals surface area contributed by atoms with Crippen molar-refractivity contribution in [2.75, 3.05) is 26.2 Å². The summed E-state index contributed by atoms with van der Waals surface area (Å²) in [7, 11) is 0. The zero-order chi connectivity index (χ0) is 18.1. The van der Waals surface area contributed by atoms with Gasteiger partial charge < -0.3 is 9.64 Å². The predicted octanol–water partition coefficient (Wildman–Crippen LogP) is 1.21. The number of fused-ring (bicyclic) bond motifs is 1. The average Bonchev–Trinajstić information content (AvgIpc) is 3.07. The van der Waals surface area contributed by atoms with E-state index in [-0.39, 0.29) is 18.1 Å². The van der Waals surface area contributed by atoms with Crippen LogP contribution in [-0.2, 0) is 11.3 Å². The van der Waals surface area contributed by atoms with Gasteiger partial charge in [0.05, 0.1) is 30.0 Å². The number of pyridine rings is 1. The Balaban J connectivity index is 1.47. The lowest BCUT2D eigenvalue weighted by molar-refractivity contribution is -0.0507. The normalized spacial score (nSPS) is 23.1. The van der Waals surface area contributed by atoms with E-state index < -0.39 is 0 Å². The van der Waals surface area contributed by atoms with Crippen LogP contribution in [-0.4, -0.2) is 69.0 Å². The molecule has 1 amide bonds. The van der Waals surface area contributed by atoms with Crippen molar-refractivity contribution in [2.45, 2.75) is 32.5 Å². The molecule has 4 rings (SSSR count). The van der Waals surface area contributed by atoms with Gasteiger partial charge in [0.2, 0.25) is 0 Å². The highest BCUT2D eigenvalue weighted by Crippen LogP contribution is 2.25. The number of carbonyl (C=O) groups excluding carboxylic acids is 1. The van der Waals surface area contributed by atoms with Crippen molar-refractivity contribution in [3.63, 3.8) is 0 Å². The third-order valence-corrected chi connectivity index (χ3v) is 5.04. The van der Waals surface area contributed by atoms with E-state index in [1.165, 1.54) is 0 Å². The van der Waals surface area contributed by atoms with Crippen LogP contribution in [0.25, 0.3) is 0 Å². The molecule has 2 aromatic rings. The molecule has 2 saturated heterocycles. The largest absolute Gasteiger partial charge is 0.373 e. The van der Waals surface area contributed by atoms with Crippen LogP contribution in [0.2, 0.25) is 0 Å². The molecule has 0 aromatic carbocycles. The molecule has 0 bridgehead atoms. The first-order valence-electron chi connectivity index (χ1n) is 8.96. The van der Waals surface area contributed by atoms with Crippen LogP contribution in [0.5, 0.6) is 0 Å². The average molecular weight is 353 g/mol. The molecule has 0 unspecified atom stereocenters. The minimum Gasteiger partial charge on any atom is -0.373 e. The Morgan fingerprint density at radius 2 is 2.04 bits per heavy atom. The zero-order valence-corrected chi connectivity index (χ0v) is 15.1. The van der Waals surface area contributed by atoms with Gasteiger partial charge in [0, 0.05) is 44.3 Å². The van der Waals surface area contributed by atoms with Crippen molar-refractivity contribution >= 4 is 5.91 Å². The van der Waals surface area contributed by atoms with Crippen LogP contribution in [0.1, 0.15) is 27.6 Å². The Hall–Kier alpha value is -2.38. The summed E-state index contributed by atoms with van der Waals surface area (Å²) in [6, 6.07) is 6.29. The van der Waals surface area contributed by atoms with Crippen molar-refractivity contribution in [3.05, 3.63) is 53.4 Å². The number of hydrogen-bond donors (Lipinski definition) is 0. The Bertz CT molecular complexity index is 795. The maximum Gasteiger partial charge on any atom is 0.257 e. The molecular weight excluding hydrogens is 330 g/mol. The van der Waals surface area contributed by atoms with Crippen LogP contribution in [0, 0.1) is 13.8 Å². The van der Waals surface area contributed by atoms with Gasteiger partial charge in [-0.3, -0.25) is 14.7 Å². The summed E-state index contributed by atoms with van der Waals surface area (Å²) in [4.78, 5) is 29.9. The molecule has 26 heavy (non-hydrogen) atoms. The topological polar surface area (TPSA) is 71.5 Å². The molecule has 2 atom stereocenters. The van der Waals surface area contributed by atoms with E-state index >= 15 is 0 Å². The quantitative estimate of drug-likeness (QED) is 0.826. The number of likely N-dealkylation sites (tertiary alicyclic amines) is 1. The fraction of sp³-hybridized carbons (Fsp3) is 0.474. The molecule has 136 valence electrons. The molecule has 0 spiro atoms. The number of aryl methyl sites for hydroxylation is 2. The third kappa shape index (κ3) is 3.45. The fourth-order valence-electron chi connectivity index (χ4n) is 3.70. The number of carbonyl (C=O) groups is 1. The number of nitrogens with zero attached hydrogens (tertiary/aromatic N) is 5. The van der Waals surface area contributed by atoms with E-state index in [1.807, 2.05) is 30.9 Å². The summed E-state index contributed by atoms with van der Waals surface area (Å²) in [5, 5.41) is 0. The maximum absolute atomic E-state index is 12.8. The van der Waals surface area contributed by atoms with Gasteiger partial charge in [-0.2, -0.15) is 0 Å². The summed E-state index contributed by atoms with van der Waals surface area (Å²) in [6.07, 6.45) is 3.24. The molecular formula is C19H23N5O2. The zero-order valence-electron chi connectivity index (χ0n) is 15.1. The number of morpholine rings is 1. The highest BCUT2D eigenvalue weighted by Gasteiger charge is 2.42. The highest BCUT2D eigenvalue weighted by molar-refractivity contribution is 5.93. The Morgan fingerprint density at radius 3 is 2.81 bits per heavy atom. The second-order valence-corrected chi connectivity index (χ2v) is 6.95. The summed E-state index contributed by atoms with van der Waals surface area (Å²) in [5.41, 5.74) is 2.61. The van der Waals surface area contributed by atoms with Gasteiger partial charge in [-0.1, -0.05) is 6.07 Å². The van der Waals surface area contributed by atoms with Crippen molar-refractivity contribution in [1.82, 2.24) is 24.8 Å². The van der Waals surface area contributed by atoms with Crippen molar-refractivity contribution in [3.8, 4) is 0 Å². The van der Waals surface area contributed by atoms with Gasteiger partial charge in [-0.05, 0) is 26.0 Å². The molecule has 7 heteroatoms. The number of aromatic nitrogens is 3. The molecule has 0 radical (unpaired) electrons. The lowest BCUT2D eigenvalue weighted by Gasteiger charge is -2.36. The minimum atomic E-state index is -0.0309. The van der Waals surface area contributed by atoms with E-state index in [2.05, 4.69) is 25.9 Å². The number of ether oxygens (including phenoxy) is 1. The number of rotatable bonds is 3. The van der Waals surface area contributed by atoms with Gasteiger partial charge in [0.15, 0.2) is 0 Å². The maximum atomic E-state index is 12.8. The molecule has 0 N–H and O–H groups in total. The monoisotopic (exact) mass is 353 g/mol. The van der Waals surface area contributed by atoms with Crippen LogP contribution in [0.3, 0.4) is 0 Å². The summed E-state index contributed by atoms with van der Waals surface area (Å²) >= 11 is 0. The molecule has 2 aliphatic heterocycles. The molecule has 4 heterocycles. The molecule has 2 fully saturated rings. The van der Waals surface area contributed by atoms with Gasteiger partial charge in [-0.25, -0.2) is 9.97 Å². The Kier molecular flexibility index (Phi) is 4.65. The van der Waals surface area contributed by atoms with Gasteiger partial charge in [-0.15, -0.1) is 0 Å². The molecule has 2 aromatic heterocycles. The van der Waals surface area contributed by atoms with Gasteiger partial charge >= 0.3 is 0 Å². The van der Waals surface area contributed by atoms with E-state index in [4.69, 9.17) is 4.74 Å². The van der Waals surface area contributed by atoms with Gasteiger partial charge in [0.25, 0.3) is 5.91 Å². The third-order valence-electron chi connectivity index (χ3n) is 5.04. The van der Waals surface area contributed by atoms with E-state index in [1.54, 1.807) is 12.4 Å². The molecule has 2 aliphatic rings. The first-order chi connectivity index (χ1) is 12.6. The SMILES string of the molecule is Cc1cccc(CN2CCO[C@H]3CN(C(=O)c4cnc(C)nc4)C[C@@H]32)n1. The highest BCUT2D eigenvalue weighted by atomic mass is 16.5. The predicted molar refractivity (Wildman–Crippen MR) is 95.6 cm³/mol. The second kappa shape index (κ2) is 7.09. The lowest BCUT2D eigenvalue weighted by Crippen LogP contribution is -2.50. The van der Waals surface area contributed by atoms with E-state index in [0.29, 0.717) is 31.1 Å². The summed E-state index contributed by atoms with van der Waals surface area (Å²) in [6.45, 7) is 7.39. The smallest absolute Gasteiger partial charge is 0.257 e. The molecule has 0 saturated carbocycles. The van der Waals surface area contributed by atoms with Crippen LogP contribution < -0.4 is 0 Å². The number of hydrogen-bond acceptors (Lipinski definition) is 6. The minimum absolute atomic E-state index is 0.0309. The Morgan fingerprint density at radius 1 is 1.23 bits per heavy atom. The van der Waals surface area contributed by atoms with E-state index in [9.17, 15) is 4.79 Å². The van der Waals surface area contributed by atoms with Crippen molar-refractivity contribution in [1.29, 1.82) is 0 Å². The first-order valence-corrected chi connectivity index (χ1v) is 8.96. The summed E-state index contributed by atoms with van der Waals surface area (Å²) < 4.78 is 5.94. The van der Waals surface area contributed by atoms with Crippen molar-refractivity contribution in [2.24, 2.45) is 0 Å². The van der Waals surface area contributed by atoms with Crippen LogP contribution in [0.4, 0.5) is 0 Å². The Labute approximate surface area is 153 Å². The standard InChI is InChI=1S/C19H23N5O2/c1-13-4-3-5-16(22-13)10-23-6-7-26-18-12-24(11-17(18)23)19(25)15-8-20-14(2)21-9-15/h3-5,8-9,17-18H,6-7,10-12H2,1-2H3/t17-,18-/m0/s1. The molecule has 7 nitrogen and oxygen atoms in total. The lowest BCUT2D eigenvalue weighted by atomic mass is 10.1. The van der Waals surface area contributed by atoms with Crippen LogP contribution in [0.15, 0.2) is 30.6 Å². The van der Waals surface area contributed by atoms with Crippen LogP contribution >= 0.6 is 0 Å². The van der Waals surface area contributed by atoms with Crippen molar-refractivity contribution < 1.29 is 9.53 Å². The van der Waals surface area contributed by atoms with Gasteiger partial charge in [0.1, 0.15) is 5.82 Å². The number of amides is 1. The second-order valence-electron chi connectivity index (χ2n) is 6.95.